The number of hydrogen-bond donors (Lipinski definition) is 1. The largest absolute Gasteiger partial charge is 0.302 e. The summed E-state index contributed by atoms with van der Waals surface area (Å²) in [6.07, 6.45) is 3.08. The fourth-order valence-corrected chi connectivity index (χ4v) is 6.30. The summed E-state index contributed by atoms with van der Waals surface area (Å²) in [6, 6.07) is 16.7. The van der Waals surface area contributed by atoms with Crippen LogP contribution in [0.4, 0.5) is 0 Å². The molecule has 2 bridgehead atoms. The molecule has 0 amide bonds. The molecule has 1 aliphatic heterocycles. The van der Waals surface area contributed by atoms with Gasteiger partial charge in [-0.15, -0.1) is 0 Å². The van der Waals surface area contributed by atoms with Crippen molar-refractivity contribution >= 4 is 37.6 Å². The number of ketones is 1. The number of rotatable bonds is 4. The maximum atomic E-state index is 13.7. The van der Waals surface area contributed by atoms with E-state index < -0.39 is 0 Å². The molecule has 2 fully saturated rings. The Morgan fingerprint density at radius 3 is 1.76 bits per heavy atom. The van der Waals surface area contributed by atoms with E-state index in [1.165, 1.54) is 11.1 Å². The zero-order chi connectivity index (χ0) is 20.8. The molecule has 0 radical (unpaired) electrons. The second kappa shape index (κ2) is 8.28. The fourth-order valence-electron chi connectivity index (χ4n) is 5.24. The number of Topliss-reactive ketones (excluding diaryl/α,β-unsaturated/α-hetero) is 1. The Morgan fingerprint density at radius 1 is 0.897 bits per heavy atom. The first-order valence-corrected chi connectivity index (χ1v) is 12.2. The third-order valence-electron chi connectivity index (χ3n) is 7.47. The molecule has 2 aliphatic rings. The molecule has 2 aromatic carbocycles. The van der Waals surface area contributed by atoms with Gasteiger partial charge < -0.3 is 5.32 Å². The fraction of sp³-hybridized carbons (Fsp3) is 0.480. The highest BCUT2D eigenvalue weighted by Gasteiger charge is 2.51. The van der Waals surface area contributed by atoms with Crippen LogP contribution in [0.1, 0.15) is 63.2 Å². The molecule has 29 heavy (non-hydrogen) atoms. The number of nitrogens with one attached hydrogen (secondary N) is 1. The van der Waals surface area contributed by atoms with Gasteiger partial charge in [-0.1, -0.05) is 95.5 Å². The Kier molecular flexibility index (Phi) is 6.07. The number of benzene rings is 2. The van der Waals surface area contributed by atoms with Crippen LogP contribution in [0.15, 0.2) is 57.5 Å². The summed E-state index contributed by atoms with van der Waals surface area (Å²) < 4.78 is 2.15. The second-order valence-corrected chi connectivity index (χ2v) is 11.0. The molecule has 0 spiro atoms. The van der Waals surface area contributed by atoms with Crippen molar-refractivity contribution in [1.29, 1.82) is 0 Å². The van der Waals surface area contributed by atoms with Crippen LogP contribution in [-0.4, -0.2) is 5.78 Å². The molecular formula is C25H29Br2NO. The van der Waals surface area contributed by atoms with Crippen molar-refractivity contribution in [3.63, 3.8) is 0 Å². The number of carbonyl (C=O) groups is 1. The molecule has 0 aromatic heterocycles. The van der Waals surface area contributed by atoms with Crippen LogP contribution in [0.3, 0.4) is 0 Å². The van der Waals surface area contributed by atoms with Crippen molar-refractivity contribution in [2.45, 2.75) is 52.1 Å². The molecule has 1 N–H and O–H groups in total. The lowest BCUT2D eigenvalue weighted by Crippen LogP contribution is -2.54. The molecular weight excluding hydrogens is 490 g/mol. The molecule has 1 aliphatic carbocycles. The SMILES string of the molecule is CCC(C)(C)C1C[C@@H]2C(=O)[C@H](C1)[C@H](c1ccccc1Br)N[C@@H]2c1ccccc1Br. The summed E-state index contributed by atoms with van der Waals surface area (Å²) in [5, 5.41) is 3.91. The van der Waals surface area contributed by atoms with E-state index in [0.717, 1.165) is 28.2 Å². The smallest absolute Gasteiger partial charge is 0.142 e. The predicted molar refractivity (Wildman–Crippen MR) is 126 cm³/mol. The highest BCUT2D eigenvalue weighted by molar-refractivity contribution is 9.10. The van der Waals surface area contributed by atoms with Crippen LogP contribution in [0.25, 0.3) is 0 Å². The Hall–Kier alpha value is -0.970. The van der Waals surface area contributed by atoms with Gasteiger partial charge in [0.25, 0.3) is 0 Å². The molecule has 2 nitrogen and oxygen atoms in total. The minimum atomic E-state index is 0.0295. The maximum Gasteiger partial charge on any atom is 0.142 e. The second-order valence-electron chi connectivity index (χ2n) is 9.29. The Morgan fingerprint density at radius 2 is 1.34 bits per heavy atom. The first kappa shape index (κ1) is 21.3. The zero-order valence-corrected chi connectivity index (χ0v) is 20.5. The number of fused-ring (bicyclic) bond motifs is 2. The molecule has 1 heterocycles. The quantitative estimate of drug-likeness (QED) is 0.462. The third kappa shape index (κ3) is 3.88. The standard InChI is InChI=1S/C25H29Br2NO/c1-4-25(2,3)15-13-18-22(16-9-5-7-11-20(16)26)28-23(19(14-15)24(18)29)17-10-6-8-12-21(17)27/h5-12,15,18-19,22-23,28H,4,13-14H2,1-3H3/t15?,18-,19+,22+,23-. The number of halogens is 2. The van der Waals surface area contributed by atoms with Gasteiger partial charge in [0, 0.05) is 32.9 Å². The molecule has 1 unspecified atom stereocenters. The van der Waals surface area contributed by atoms with E-state index in [9.17, 15) is 4.79 Å². The van der Waals surface area contributed by atoms with Crippen molar-refractivity contribution in [2.75, 3.05) is 0 Å². The van der Waals surface area contributed by atoms with Crippen LogP contribution >= 0.6 is 31.9 Å². The van der Waals surface area contributed by atoms with E-state index in [0.29, 0.717) is 11.7 Å². The number of hydrogen-bond acceptors (Lipinski definition) is 2. The zero-order valence-electron chi connectivity index (χ0n) is 17.3. The number of carbonyl (C=O) groups excluding carboxylic acids is 1. The summed E-state index contributed by atoms with van der Waals surface area (Å²) >= 11 is 7.48. The van der Waals surface area contributed by atoms with Crippen molar-refractivity contribution < 1.29 is 4.79 Å². The van der Waals surface area contributed by atoms with Crippen molar-refractivity contribution in [3.8, 4) is 0 Å². The summed E-state index contributed by atoms with van der Waals surface area (Å²) in [5.41, 5.74) is 2.62. The monoisotopic (exact) mass is 517 g/mol. The van der Waals surface area contributed by atoms with Crippen molar-refractivity contribution in [1.82, 2.24) is 5.32 Å². The average Bonchev–Trinajstić information content (AvgIpc) is 2.69. The molecule has 154 valence electrons. The molecule has 2 aromatic rings. The lowest BCUT2D eigenvalue weighted by Gasteiger charge is -2.51. The van der Waals surface area contributed by atoms with E-state index in [2.05, 4.69) is 94.3 Å². The van der Waals surface area contributed by atoms with Crippen LogP contribution in [-0.2, 0) is 4.79 Å². The Balaban J connectivity index is 1.81. The summed E-state index contributed by atoms with van der Waals surface area (Å²) in [7, 11) is 0. The van der Waals surface area contributed by atoms with E-state index in [1.807, 2.05) is 12.1 Å². The van der Waals surface area contributed by atoms with Gasteiger partial charge >= 0.3 is 0 Å². The normalized spacial score (nSPS) is 29.7. The van der Waals surface area contributed by atoms with Gasteiger partial charge in [0.1, 0.15) is 5.78 Å². The van der Waals surface area contributed by atoms with Crippen LogP contribution in [0.5, 0.6) is 0 Å². The van der Waals surface area contributed by atoms with Crippen LogP contribution < -0.4 is 5.32 Å². The summed E-state index contributed by atoms with van der Waals surface area (Å²) in [5.74, 6) is 1.05. The minimum absolute atomic E-state index is 0.0295. The van der Waals surface area contributed by atoms with E-state index in [-0.39, 0.29) is 29.3 Å². The van der Waals surface area contributed by atoms with Gasteiger partial charge in [-0.05, 0) is 47.4 Å². The topological polar surface area (TPSA) is 29.1 Å². The first-order valence-electron chi connectivity index (χ1n) is 10.6. The Labute approximate surface area is 191 Å². The van der Waals surface area contributed by atoms with Gasteiger partial charge in [-0.25, -0.2) is 0 Å². The summed E-state index contributed by atoms with van der Waals surface area (Å²) in [6.45, 7) is 7.02. The van der Waals surface area contributed by atoms with Gasteiger partial charge in [0.2, 0.25) is 0 Å². The molecule has 4 heteroatoms. The Bertz CT molecular complexity index is 846. The first-order chi connectivity index (χ1) is 13.8. The molecule has 1 saturated heterocycles. The molecule has 5 atom stereocenters. The van der Waals surface area contributed by atoms with Crippen molar-refractivity contribution in [2.24, 2.45) is 23.2 Å². The molecule has 4 rings (SSSR count). The predicted octanol–water partition coefficient (Wildman–Crippen LogP) is 7.24. The third-order valence-corrected chi connectivity index (χ3v) is 8.91. The van der Waals surface area contributed by atoms with Crippen LogP contribution in [0, 0.1) is 23.2 Å². The van der Waals surface area contributed by atoms with Crippen LogP contribution in [0.2, 0.25) is 0 Å². The van der Waals surface area contributed by atoms with E-state index >= 15 is 0 Å². The minimum Gasteiger partial charge on any atom is -0.302 e. The van der Waals surface area contributed by atoms with Gasteiger partial charge in [0.15, 0.2) is 0 Å². The number of piperidine rings is 1. The van der Waals surface area contributed by atoms with E-state index in [4.69, 9.17) is 0 Å². The van der Waals surface area contributed by atoms with Gasteiger partial charge in [0.05, 0.1) is 0 Å². The highest BCUT2D eigenvalue weighted by atomic mass is 79.9. The van der Waals surface area contributed by atoms with Gasteiger partial charge in [-0.2, -0.15) is 0 Å². The van der Waals surface area contributed by atoms with E-state index in [1.54, 1.807) is 0 Å². The highest BCUT2D eigenvalue weighted by Crippen LogP contribution is 2.53. The summed E-state index contributed by atoms with van der Waals surface area (Å²) in [4.78, 5) is 13.7. The molecule has 1 saturated carbocycles. The van der Waals surface area contributed by atoms with Gasteiger partial charge in [-0.3, -0.25) is 4.79 Å². The maximum absolute atomic E-state index is 13.7. The van der Waals surface area contributed by atoms with Crippen molar-refractivity contribution in [3.05, 3.63) is 68.6 Å². The average molecular weight is 519 g/mol. The lowest BCUT2D eigenvalue weighted by atomic mass is 9.58. The lowest BCUT2D eigenvalue weighted by molar-refractivity contribution is -0.139.